The molecule has 21 heavy (non-hydrogen) atoms. The van der Waals surface area contributed by atoms with Crippen LogP contribution in [0.2, 0.25) is 0 Å². The zero-order chi connectivity index (χ0) is 15.1. The highest BCUT2D eigenvalue weighted by Gasteiger charge is 2.37. The van der Waals surface area contributed by atoms with Gasteiger partial charge >= 0.3 is 0 Å². The van der Waals surface area contributed by atoms with E-state index in [2.05, 4.69) is 29.3 Å². The lowest BCUT2D eigenvalue weighted by Crippen LogP contribution is -2.55. The van der Waals surface area contributed by atoms with Gasteiger partial charge < -0.3 is 10.6 Å². The SMILES string of the molecule is CCCN1CCCC(NCc2ccccc2)(C(N)=O)CC1. The Labute approximate surface area is 127 Å². The standard InChI is InChI=1S/C17H27N3O/c1-2-11-20-12-6-9-17(10-13-20,16(18)21)19-14-15-7-4-3-5-8-15/h3-5,7-8,19H,2,6,9-14H2,1H3,(H2,18,21). The van der Waals surface area contributed by atoms with E-state index in [-0.39, 0.29) is 5.91 Å². The maximum Gasteiger partial charge on any atom is 0.237 e. The number of primary amides is 1. The molecule has 2 rings (SSSR count). The molecule has 1 aliphatic rings. The lowest BCUT2D eigenvalue weighted by Gasteiger charge is -2.31. The molecule has 1 atom stereocenters. The van der Waals surface area contributed by atoms with Crippen molar-refractivity contribution in [2.45, 2.75) is 44.7 Å². The average molecular weight is 289 g/mol. The van der Waals surface area contributed by atoms with Gasteiger partial charge in [-0.15, -0.1) is 0 Å². The number of rotatable bonds is 6. The monoisotopic (exact) mass is 289 g/mol. The van der Waals surface area contributed by atoms with Gasteiger partial charge in [-0.05, 0) is 44.3 Å². The predicted molar refractivity (Wildman–Crippen MR) is 85.8 cm³/mol. The van der Waals surface area contributed by atoms with Gasteiger partial charge in [0, 0.05) is 13.1 Å². The highest BCUT2D eigenvalue weighted by Crippen LogP contribution is 2.23. The van der Waals surface area contributed by atoms with Gasteiger partial charge in [0.15, 0.2) is 0 Å². The summed E-state index contributed by atoms with van der Waals surface area (Å²) in [6.07, 6.45) is 3.80. The second-order valence-corrected chi connectivity index (χ2v) is 5.98. The van der Waals surface area contributed by atoms with Crippen LogP contribution in [0.4, 0.5) is 0 Å². The summed E-state index contributed by atoms with van der Waals surface area (Å²) in [5.74, 6) is -0.211. The minimum absolute atomic E-state index is 0.211. The number of nitrogens with zero attached hydrogens (tertiary/aromatic N) is 1. The number of carbonyl (C=O) groups is 1. The van der Waals surface area contributed by atoms with Gasteiger partial charge in [0.25, 0.3) is 0 Å². The van der Waals surface area contributed by atoms with E-state index < -0.39 is 5.54 Å². The van der Waals surface area contributed by atoms with Crippen molar-refractivity contribution in [2.24, 2.45) is 5.73 Å². The summed E-state index contributed by atoms with van der Waals surface area (Å²) in [6, 6.07) is 10.2. The van der Waals surface area contributed by atoms with Gasteiger partial charge in [-0.2, -0.15) is 0 Å². The zero-order valence-electron chi connectivity index (χ0n) is 13.0. The highest BCUT2D eigenvalue weighted by atomic mass is 16.1. The van der Waals surface area contributed by atoms with E-state index in [0.717, 1.165) is 45.3 Å². The number of amides is 1. The fraction of sp³-hybridized carbons (Fsp3) is 0.588. The minimum atomic E-state index is -0.557. The molecule has 1 aromatic carbocycles. The summed E-state index contributed by atoms with van der Waals surface area (Å²) >= 11 is 0. The second kappa shape index (κ2) is 7.57. The van der Waals surface area contributed by atoms with Crippen molar-refractivity contribution >= 4 is 5.91 Å². The summed E-state index contributed by atoms with van der Waals surface area (Å²) in [5.41, 5.74) is 6.37. The van der Waals surface area contributed by atoms with Crippen molar-refractivity contribution < 1.29 is 4.79 Å². The average Bonchev–Trinajstić information content (AvgIpc) is 2.70. The Bertz CT molecular complexity index is 449. The molecule has 116 valence electrons. The van der Waals surface area contributed by atoms with E-state index in [1.165, 1.54) is 5.56 Å². The molecule has 1 heterocycles. The number of hydrogen-bond acceptors (Lipinski definition) is 3. The van der Waals surface area contributed by atoms with Gasteiger partial charge in [-0.1, -0.05) is 37.3 Å². The molecule has 1 saturated heterocycles. The molecule has 1 unspecified atom stereocenters. The molecular weight excluding hydrogens is 262 g/mol. The third kappa shape index (κ3) is 4.29. The first-order chi connectivity index (χ1) is 10.2. The van der Waals surface area contributed by atoms with Crippen LogP contribution in [0.5, 0.6) is 0 Å². The number of benzene rings is 1. The molecule has 4 nitrogen and oxygen atoms in total. The molecule has 0 aromatic heterocycles. The molecule has 0 saturated carbocycles. The summed E-state index contributed by atoms with van der Waals surface area (Å²) in [4.78, 5) is 14.5. The van der Waals surface area contributed by atoms with Crippen LogP contribution in [0, 0.1) is 0 Å². The van der Waals surface area contributed by atoms with E-state index in [9.17, 15) is 4.79 Å². The molecule has 0 bridgehead atoms. The summed E-state index contributed by atoms with van der Waals surface area (Å²) in [7, 11) is 0. The summed E-state index contributed by atoms with van der Waals surface area (Å²) in [6.45, 7) is 6.00. The van der Waals surface area contributed by atoms with Crippen LogP contribution < -0.4 is 11.1 Å². The number of nitrogens with one attached hydrogen (secondary N) is 1. The van der Waals surface area contributed by atoms with Gasteiger partial charge in [-0.25, -0.2) is 0 Å². The third-order valence-corrected chi connectivity index (χ3v) is 4.42. The topological polar surface area (TPSA) is 58.4 Å². The van der Waals surface area contributed by atoms with Crippen molar-refractivity contribution in [1.29, 1.82) is 0 Å². The number of likely N-dealkylation sites (tertiary alicyclic amines) is 1. The van der Waals surface area contributed by atoms with E-state index in [1.807, 2.05) is 18.2 Å². The molecule has 0 aliphatic carbocycles. The molecule has 0 spiro atoms. The third-order valence-electron chi connectivity index (χ3n) is 4.42. The first kappa shape index (κ1) is 16.0. The molecule has 3 N–H and O–H groups in total. The van der Waals surface area contributed by atoms with Crippen LogP contribution in [-0.4, -0.2) is 36.0 Å². The molecule has 4 heteroatoms. The van der Waals surface area contributed by atoms with Gasteiger partial charge in [0.2, 0.25) is 5.91 Å². The van der Waals surface area contributed by atoms with Gasteiger partial charge in [-0.3, -0.25) is 10.1 Å². The lowest BCUT2D eigenvalue weighted by molar-refractivity contribution is -0.125. The number of hydrogen-bond donors (Lipinski definition) is 2. The molecule has 0 radical (unpaired) electrons. The van der Waals surface area contributed by atoms with Gasteiger partial charge in [0.1, 0.15) is 0 Å². The highest BCUT2D eigenvalue weighted by molar-refractivity contribution is 5.84. The number of carbonyl (C=O) groups excluding carboxylic acids is 1. The normalized spacial score (nSPS) is 23.7. The van der Waals surface area contributed by atoms with Crippen LogP contribution >= 0.6 is 0 Å². The van der Waals surface area contributed by atoms with E-state index in [0.29, 0.717) is 6.54 Å². The molecular formula is C17H27N3O. The smallest absolute Gasteiger partial charge is 0.237 e. The van der Waals surface area contributed by atoms with Crippen molar-refractivity contribution in [2.75, 3.05) is 19.6 Å². The van der Waals surface area contributed by atoms with Crippen molar-refractivity contribution in [1.82, 2.24) is 10.2 Å². The maximum absolute atomic E-state index is 12.1. The van der Waals surface area contributed by atoms with Crippen molar-refractivity contribution in [3.63, 3.8) is 0 Å². The first-order valence-electron chi connectivity index (χ1n) is 7.97. The van der Waals surface area contributed by atoms with Crippen LogP contribution in [0.1, 0.15) is 38.2 Å². The Morgan fingerprint density at radius 3 is 2.71 bits per heavy atom. The Morgan fingerprint density at radius 2 is 2.05 bits per heavy atom. The summed E-state index contributed by atoms with van der Waals surface area (Å²) < 4.78 is 0. The Morgan fingerprint density at radius 1 is 1.29 bits per heavy atom. The zero-order valence-corrected chi connectivity index (χ0v) is 13.0. The van der Waals surface area contributed by atoms with Crippen molar-refractivity contribution in [3.05, 3.63) is 35.9 Å². The van der Waals surface area contributed by atoms with Crippen LogP contribution in [0.15, 0.2) is 30.3 Å². The Hall–Kier alpha value is -1.39. The first-order valence-corrected chi connectivity index (χ1v) is 7.97. The number of nitrogens with two attached hydrogens (primary N) is 1. The predicted octanol–water partition coefficient (Wildman–Crippen LogP) is 1.90. The van der Waals surface area contributed by atoms with Crippen molar-refractivity contribution in [3.8, 4) is 0 Å². The van der Waals surface area contributed by atoms with Crippen LogP contribution in [-0.2, 0) is 11.3 Å². The van der Waals surface area contributed by atoms with E-state index in [4.69, 9.17) is 5.73 Å². The minimum Gasteiger partial charge on any atom is -0.368 e. The quantitative estimate of drug-likeness (QED) is 0.841. The fourth-order valence-electron chi connectivity index (χ4n) is 3.11. The van der Waals surface area contributed by atoms with Crippen LogP contribution in [0.3, 0.4) is 0 Å². The van der Waals surface area contributed by atoms with E-state index >= 15 is 0 Å². The van der Waals surface area contributed by atoms with E-state index in [1.54, 1.807) is 0 Å². The Kier molecular flexibility index (Phi) is 5.76. The molecule has 1 fully saturated rings. The fourth-order valence-corrected chi connectivity index (χ4v) is 3.11. The lowest BCUT2D eigenvalue weighted by atomic mass is 9.89. The van der Waals surface area contributed by atoms with Gasteiger partial charge in [0.05, 0.1) is 5.54 Å². The Balaban J connectivity index is 2.01. The molecule has 1 amide bonds. The summed E-state index contributed by atoms with van der Waals surface area (Å²) in [5, 5.41) is 3.45. The second-order valence-electron chi connectivity index (χ2n) is 5.98. The molecule has 1 aliphatic heterocycles. The van der Waals surface area contributed by atoms with Crippen LogP contribution in [0.25, 0.3) is 0 Å². The molecule has 1 aromatic rings. The maximum atomic E-state index is 12.1. The largest absolute Gasteiger partial charge is 0.368 e.